The Bertz CT molecular complexity index is 780. The van der Waals surface area contributed by atoms with Gasteiger partial charge in [0.05, 0.1) is 7.11 Å². The maximum absolute atomic E-state index is 13.7. The Labute approximate surface area is 155 Å². The normalized spacial score (nSPS) is 12.2. The first kappa shape index (κ1) is 19.9. The predicted molar refractivity (Wildman–Crippen MR) is 109 cm³/mol. The van der Waals surface area contributed by atoms with Gasteiger partial charge in [0.15, 0.2) is 5.78 Å². The minimum atomic E-state index is -2.72. The minimum absolute atomic E-state index is 0.0325. The first-order valence-electron chi connectivity index (χ1n) is 8.56. The van der Waals surface area contributed by atoms with Gasteiger partial charge in [0.2, 0.25) is 0 Å². The Morgan fingerprint density at radius 1 is 1.04 bits per heavy atom. The average molecular weight is 368 g/mol. The van der Waals surface area contributed by atoms with E-state index in [-0.39, 0.29) is 17.9 Å². The van der Waals surface area contributed by atoms with Gasteiger partial charge >= 0.3 is 0 Å². The Balaban J connectivity index is 2.37. The molecule has 3 nitrogen and oxygen atoms in total. The molecule has 4 heteroatoms. The number of rotatable bonds is 10. The highest BCUT2D eigenvalue weighted by Crippen LogP contribution is 2.60. The van der Waals surface area contributed by atoms with Crippen molar-refractivity contribution in [3.8, 4) is 5.75 Å². The Kier molecular flexibility index (Phi) is 7.17. The van der Waals surface area contributed by atoms with Crippen molar-refractivity contribution in [3.63, 3.8) is 0 Å². The first-order valence-corrected chi connectivity index (χ1v) is 10.7. The number of hydrogen-bond acceptors (Lipinski definition) is 3. The lowest BCUT2D eigenvalue weighted by atomic mass is 10.0. The van der Waals surface area contributed by atoms with Crippen LogP contribution in [0.2, 0.25) is 0 Å². The number of benzene rings is 2. The molecule has 0 spiro atoms. The number of carbonyl (C=O) groups is 1. The third kappa shape index (κ3) is 4.83. The Hall–Kier alpha value is -2.38. The van der Waals surface area contributed by atoms with Crippen LogP contribution in [-0.2, 0) is 4.57 Å². The SMILES string of the molecule is C=CCP(=O)(CC=C)[C@@H](CC(=O)c1ccc(OC)cc1)c1ccccc1. The molecule has 0 radical (unpaired) electrons. The zero-order chi connectivity index (χ0) is 19.0. The van der Waals surface area contributed by atoms with E-state index in [9.17, 15) is 9.36 Å². The second kappa shape index (κ2) is 9.35. The molecular weight excluding hydrogens is 343 g/mol. The number of Topliss-reactive ketones (excluding diaryl/α,β-unsaturated/α-hetero) is 1. The van der Waals surface area contributed by atoms with Crippen molar-refractivity contribution in [3.05, 3.63) is 91.0 Å². The van der Waals surface area contributed by atoms with Gasteiger partial charge < -0.3 is 9.30 Å². The lowest BCUT2D eigenvalue weighted by Gasteiger charge is -2.26. The zero-order valence-corrected chi connectivity index (χ0v) is 16.0. The molecule has 2 aromatic carbocycles. The molecule has 2 aromatic rings. The molecule has 0 saturated carbocycles. The Morgan fingerprint density at radius 3 is 2.12 bits per heavy atom. The summed E-state index contributed by atoms with van der Waals surface area (Å²) in [4.78, 5) is 12.9. The fraction of sp³-hybridized carbons (Fsp3) is 0.227. The van der Waals surface area contributed by atoms with Crippen LogP contribution in [0.3, 0.4) is 0 Å². The summed E-state index contributed by atoms with van der Waals surface area (Å²) >= 11 is 0. The number of carbonyl (C=O) groups excluding carboxylic acids is 1. The monoisotopic (exact) mass is 368 g/mol. The zero-order valence-electron chi connectivity index (χ0n) is 15.1. The second-order valence-electron chi connectivity index (χ2n) is 6.18. The van der Waals surface area contributed by atoms with E-state index in [4.69, 9.17) is 4.74 Å². The summed E-state index contributed by atoms with van der Waals surface area (Å²) in [5, 5.41) is 0. The molecule has 0 saturated heterocycles. The van der Waals surface area contributed by atoms with Gasteiger partial charge in [-0.1, -0.05) is 42.5 Å². The summed E-state index contributed by atoms with van der Waals surface area (Å²) in [6.07, 6.45) is 4.31. The second-order valence-corrected chi connectivity index (χ2v) is 9.44. The van der Waals surface area contributed by atoms with Crippen LogP contribution >= 0.6 is 7.14 Å². The molecule has 0 unspecified atom stereocenters. The van der Waals surface area contributed by atoms with Crippen LogP contribution in [0.5, 0.6) is 5.75 Å². The average Bonchev–Trinajstić information content (AvgIpc) is 2.67. The number of hydrogen-bond donors (Lipinski definition) is 0. The van der Waals surface area contributed by atoms with Crippen molar-refractivity contribution in [2.24, 2.45) is 0 Å². The summed E-state index contributed by atoms with van der Waals surface area (Å²) in [6.45, 7) is 7.51. The summed E-state index contributed by atoms with van der Waals surface area (Å²) < 4.78 is 18.8. The third-order valence-corrected chi connectivity index (χ3v) is 7.79. The molecule has 26 heavy (non-hydrogen) atoms. The molecule has 0 amide bonds. The van der Waals surface area contributed by atoms with Crippen LogP contribution in [0, 0.1) is 0 Å². The van der Waals surface area contributed by atoms with Crippen LogP contribution in [0.15, 0.2) is 79.9 Å². The third-order valence-electron chi connectivity index (χ3n) is 4.42. The Morgan fingerprint density at radius 2 is 1.62 bits per heavy atom. The minimum Gasteiger partial charge on any atom is -0.497 e. The fourth-order valence-corrected chi connectivity index (χ4v) is 5.81. The lowest BCUT2D eigenvalue weighted by Crippen LogP contribution is -2.11. The fourth-order valence-electron chi connectivity index (χ4n) is 3.07. The number of methoxy groups -OCH3 is 1. The largest absolute Gasteiger partial charge is 0.497 e. The van der Waals surface area contributed by atoms with E-state index in [1.54, 1.807) is 43.5 Å². The summed E-state index contributed by atoms with van der Waals surface area (Å²) in [7, 11) is -1.14. The van der Waals surface area contributed by atoms with E-state index >= 15 is 0 Å². The van der Waals surface area contributed by atoms with Gasteiger partial charge in [-0.25, -0.2) is 0 Å². The van der Waals surface area contributed by atoms with E-state index in [1.165, 1.54) is 0 Å². The van der Waals surface area contributed by atoms with Crippen molar-refractivity contribution in [1.29, 1.82) is 0 Å². The molecule has 0 aliphatic heterocycles. The van der Waals surface area contributed by atoms with Crippen LogP contribution in [0.4, 0.5) is 0 Å². The number of ether oxygens (including phenoxy) is 1. The van der Waals surface area contributed by atoms with Gasteiger partial charge in [-0.3, -0.25) is 4.79 Å². The highest BCUT2D eigenvalue weighted by Gasteiger charge is 2.33. The number of allylic oxidation sites excluding steroid dienone is 2. The first-order chi connectivity index (χ1) is 12.5. The van der Waals surface area contributed by atoms with Crippen molar-refractivity contribution in [1.82, 2.24) is 0 Å². The van der Waals surface area contributed by atoms with E-state index in [2.05, 4.69) is 13.2 Å². The van der Waals surface area contributed by atoms with Crippen molar-refractivity contribution in [2.45, 2.75) is 12.1 Å². The standard InChI is InChI=1S/C22H25O3P/c1-4-15-26(24,16-5-2)22(19-9-7-6-8-10-19)17-21(23)18-11-13-20(25-3)14-12-18/h4-14,22H,1-2,15-17H2,3H3/t22-/m0/s1. The smallest absolute Gasteiger partial charge is 0.163 e. The van der Waals surface area contributed by atoms with Gasteiger partial charge in [-0.05, 0) is 29.8 Å². The van der Waals surface area contributed by atoms with E-state index in [0.29, 0.717) is 23.6 Å². The van der Waals surface area contributed by atoms with Gasteiger partial charge in [0, 0.05) is 30.0 Å². The molecule has 1 atom stereocenters. The highest BCUT2D eigenvalue weighted by molar-refractivity contribution is 7.64. The van der Waals surface area contributed by atoms with Gasteiger partial charge in [0.25, 0.3) is 0 Å². The summed E-state index contributed by atoms with van der Waals surface area (Å²) in [5.74, 6) is 0.667. The quantitative estimate of drug-likeness (QED) is 0.305. The molecule has 0 aromatic heterocycles. The molecule has 0 aliphatic carbocycles. The topological polar surface area (TPSA) is 43.4 Å². The van der Waals surface area contributed by atoms with Crippen molar-refractivity contribution < 1.29 is 14.1 Å². The van der Waals surface area contributed by atoms with Crippen LogP contribution in [0.1, 0.15) is 28.0 Å². The van der Waals surface area contributed by atoms with Gasteiger partial charge in [-0.15, -0.1) is 13.2 Å². The maximum Gasteiger partial charge on any atom is 0.163 e. The predicted octanol–water partition coefficient (Wildman–Crippen LogP) is 5.74. The van der Waals surface area contributed by atoms with Gasteiger partial charge in [-0.2, -0.15) is 0 Å². The maximum atomic E-state index is 13.7. The molecule has 0 aliphatic rings. The molecule has 0 heterocycles. The molecule has 136 valence electrons. The van der Waals surface area contributed by atoms with Crippen molar-refractivity contribution in [2.75, 3.05) is 19.4 Å². The lowest BCUT2D eigenvalue weighted by molar-refractivity contribution is 0.0980. The molecule has 2 rings (SSSR count). The molecule has 0 bridgehead atoms. The molecule has 0 N–H and O–H groups in total. The van der Waals surface area contributed by atoms with Crippen LogP contribution in [-0.4, -0.2) is 25.2 Å². The molecule has 0 fully saturated rings. The van der Waals surface area contributed by atoms with Crippen LogP contribution in [0.25, 0.3) is 0 Å². The molecular formula is C22H25O3P. The van der Waals surface area contributed by atoms with E-state index in [1.807, 2.05) is 30.3 Å². The van der Waals surface area contributed by atoms with Gasteiger partial charge in [0.1, 0.15) is 12.9 Å². The van der Waals surface area contributed by atoms with E-state index in [0.717, 1.165) is 5.56 Å². The summed E-state index contributed by atoms with van der Waals surface area (Å²) in [5.41, 5.74) is 1.16. The number of ketones is 1. The highest BCUT2D eigenvalue weighted by atomic mass is 31.2. The van der Waals surface area contributed by atoms with E-state index < -0.39 is 7.14 Å². The van der Waals surface area contributed by atoms with Crippen molar-refractivity contribution >= 4 is 12.9 Å². The van der Waals surface area contributed by atoms with Crippen LogP contribution < -0.4 is 4.74 Å². The summed E-state index contributed by atoms with van der Waals surface area (Å²) in [6, 6.07) is 16.6.